The van der Waals surface area contributed by atoms with E-state index in [1.165, 1.54) is 0 Å². The minimum atomic E-state index is -0.122. The number of amides is 1. The van der Waals surface area contributed by atoms with Gasteiger partial charge in [0, 0.05) is 53.3 Å². The molecule has 0 aliphatic carbocycles. The summed E-state index contributed by atoms with van der Waals surface area (Å²) in [4.78, 5) is 23.9. The SMILES string of the molecule is Cc1noc(-c2ccc(C(=O)N3CCC(C(C)Oc4ccc(Cl)cn4)C(c4ccc(Cl)cc4)C3)cc2)n1. The number of hydrogen-bond acceptors (Lipinski definition) is 6. The molecule has 3 heterocycles. The zero-order valence-electron chi connectivity index (χ0n) is 20.5. The molecule has 1 amide bonds. The summed E-state index contributed by atoms with van der Waals surface area (Å²) in [6, 6.07) is 18.6. The lowest BCUT2D eigenvalue weighted by molar-refractivity contribution is 0.0484. The van der Waals surface area contributed by atoms with Crippen LogP contribution in [-0.2, 0) is 0 Å². The third-order valence-corrected chi connectivity index (χ3v) is 7.24. The lowest BCUT2D eigenvalue weighted by Crippen LogP contribution is -2.46. The standard InChI is InChI=1S/C28H26Cl2N4O3/c1-17(36-26-12-11-23(30)15-31-26)24-13-14-34(16-25(24)19-7-9-22(29)10-8-19)28(35)21-5-3-20(4-6-21)27-32-18(2)33-37-27/h3-12,15,17,24-25H,13-14,16H2,1-2H3. The second-order valence-corrected chi connectivity index (χ2v) is 10.1. The Balaban J connectivity index is 1.34. The molecule has 1 aliphatic heterocycles. The molecule has 1 aliphatic rings. The first-order chi connectivity index (χ1) is 17.9. The maximum atomic E-state index is 13.5. The minimum absolute atomic E-state index is 0.0152. The molecule has 0 spiro atoms. The molecule has 2 aromatic carbocycles. The molecule has 190 valence electrons. The van der Waals surface area contributed by atoms with Crippen LogP contribution in [0, 0.1) is 12.8 Å². The Bertz CT molecular complexity index is 1360. The molecule has 0 N–H and O–H groups in total. The number of nitrogens with zero attached hydrogens (tertiary/aromatic N) is 4. The van der Waals surface area contributed by atoms with Gasteiger partial charge in [-0.15, -0.1) is 0 Å². The van der Waals surface area contributed by atoms with Crippen molar-refractivity contribution in [2.75, 3.05) is 13.1 Å². The van der Waals surface area contributed by atoms with Crippen molar-refractivity contribution in [3.8, 4) is 17.3 Å². The summed E-state index contributed by atoms with van der Waals surface area (Å²) in [7, 11) is 0. The average Bonchev–Trinajstić information content (AvgIpc) is 3.36. The fraction of sp³-hybridized carbons (Fsp3) is 0.286. The van der Waals surface area contributed by atoms with Gasteiger partial charge in [-0.2, -0.15) is 4.98 Å². The molecule has 37 heavy (non-hydrogen) atoms. The quantitative estimate of drug-likeness (QED) is 0.281. The maximum absolute atomic E-state index is 13.5. The van der Waals surface area contributed by atoms with Crippen LogP contribution in [0.4, 0.5) is 0 Å². The van der Waals surface area contributed by atoms with E-state index >= 15 is 0 Å². The van der Waals surface area contributed by atoms with E-state index in [9.17, 15) is 4.79 Å². The van der Waals surface area contributed by atoms with Crippen LogP contribution in [-0.4, -0.2) is 45.1 Å². The smallest absolute Gasteiger partial charge is 0.257 e. The number of aromatic nitrogens is 3. The summed E-state index contributed by atoms with van der Waals surface area (Å²) < 4.78 is 11.4. The van der Waals surface area contributed by atoms with Crippen molar-refractivity contribution < 1.29 is 14.1 Å². The van der Waals surface area contributed by atoms with Crippen LogP contribution in [0.25, 0.3) is 11.5 Å². The molecule has 1 saturated heterocycles. The third kappa shape index (κ3) is 5.78. The zero-order valence-corrected chi connectivity index (χ0v) is 22.0. The largest absolute Gasteiger partial charge is 0.474 e. The van der Waals surface area contributed by atoms with Crippen LogP contribution in [0.2, 0.25) is 10.0 Å². The summed E-state index contributed by atoms with van der Waals surface area (Å²) in [6.07, 6.45) is 2.24. The number of benzene rings is 2. The third-order valence-electron chi connectivity index (χ3n) is 6.77. The molecule has 9 heteroatoms. The Morgan fingerprint density at radius 1 is 1.05 bits per heavy atom. The van der Waals surface area contributed by atoms with Gasteiger partial charge in [0.1, 0.15) is 6.10 Å². The number of carbonyl (C=O) groups is 1. The van der Waals surface area contributed by atoms with Gasteiger partial charge in [0.05, 0.1) is 5.02 Å². The molecular weight excluding hydrogens is 511 g/mol. The summed E-state index contributed by atoms with van der Waals surface area (Å²) in [5.41, 5.74) is 2.51. The molecule has 1 fully saturated rings. The van der Waals surface area contributed by atoms with Crippen molar-refractivity contribution in [2.24, 2.45) is 5.92 Å². The number of likely N-dealkylation sites (tertiary alicyclic amines) is 1. The van der Waals surface area contributed by atoms with Crippen LogP contribution >= 0.6 is 23.2 Å². The first kappa shape index (κ1) is 25.2. The molecule has 3 atom stereocenters. The van der Waals surface area contributed by atoms with Crippen molar-refractivity contribution in [2.45, 2.75) is 32.3 Å². The number of halogens is 2. The number of pyridine rings is 1. The number of aryl methyl sites for hydroxylation is 1. The molecule has 0 radical (unpaired) electrons. The van der Waals surface area contributed by atoms with E-state index in [0.29, 0.717) is 46.3 Å². The highest BCUT2D eigenvalue weighted by Crippen LogP contribution is 2.37. The highest BCUT2D eigenvalue weighted by Gasteiger charge is 2.37. The van der Waals surface area contributed by atoms with E-state index in [-0.39, 0.29) is 23.8 Å². The average molecular weight is 537 g/mol. The molecule has 0 bridgehead atoms. The molecule has 4 aromatic rings. The number of carbonyl (C=O) groups excluding carboxylic acids is 1. The molecule has 7 nitrogen and oxygen atoms in total. The van der Waals surface area contributed by atoms with Crippen LogP contribution in [0.1, 0.15) is 41.0 Å². The monoisotopic (exact) mass is 536 g/mol. The molecule has 2 aromatic heterocycles. The van der Waals surface area contributed by atoms with Gasteiger partial charge in [-0.3, -0.25) is 4.79 Å². The number of ether oxygens (including phenoxy) is 1. The molecular formula is C28H26Cl2N4O3. The Hall–Kier alpha value is -3.42. The van der Waals surface area contributed by atoms with E-state index in [4.69, 9.17) is 32.5 Å². The minimum Gasteiger partial charge on any atom is -0.474 e. The van der Waals surface area contributed by atoms with E-state index in [1.807, 2.05) is 41.3 Å². The van der Waals surface area contributed by atoms with Crippen molar-refractivity contribution in [1.29, 1.82) is 0 Å². The van der Waals surface area contributed by atoms with Gasteiger partial charge in [0.25, 0.3) is 11.8 Å². The van der Waals surface area contributed by atoms with Gasteiger partial charge in [-0.1, -0.05) is 40.5 Å². The first-order valence-corrected chi connectivity index (χ1v) is 12.9. The van der Waals surface area contributed by atoms with Crippen molar-refractivity contribution >= 4 is 29.1 Å². The van der Waals surface area contributed by atoms with Crippen molar-refractivity contribution in [3.05, 3.63) is 93.9 Å². The fourth-order valence-corrected chi connectivity index (χ4v) is 5.08. The zero-order chi connectivity index (χ0) is 25.9. The van der Waals surface area contributed by atoms with Crippen molar-refractivity contribution in [3.63, 3.8) is 0 Å². The first-order valence-electron chi connectivity index (χ1n) is 12.1. The van der Waals surface area contributed by atoms with Crippen LogP contribution < -0.4 is 4.74 Å². The summed E-state index contributed by atoms with van der Waals surface area (Å²) >= 11 is 12.1. The second-order valence-electron chi connectivity index (χ2n) is 9.22. The predicted molar refractivity (Wildman–Crippen MR) is 142 cm³/mol. The van der Waals surface area contributed by atoms with Gasteiger partial charge in [-0.05, 0) is 68.3 Å². The Morgan fingerprint density at radius 2 is 1.78 bits per heavy atom. The maximum Gasteiger partial charge on any atom is 0.257 e. The highest BCUT2D eigenvalue weighted by atomic mass is 35.5. The van der Waals surface area contributed by atoms with Crippen LogP contribution in [0.5, 0.6) is 5.88 Å². The molecule has 5 rings (SSSR count). The van der Waals surface area contributed by atoms with Crippen LogP contribution in [0.15, 0.2) is 71.4 Å². The molecule has 3 unspecified atom stereocenters. The number of hydrogen-bond donors (Lipinski definition) is 0. The normalized spacial score (nSPS) is 18.4. The topological polar surface area (TPSA) is 81.4 Å². The Morgan fingerprint density at radius 3 is 2.43 bits per heavy atom. The fourth-order valence-electron chi connectivity index (χ4n) is 4.84. The highest BCUT2D eigenvalue weighted by molar-refractivity contribution is 6.30. The Kier molecular flexibility index (Phi) is 7.44. The summed E-state index contributed by atoms with van der Waals surface area (Å²) in [5.74, 6) is 1.75. The number of rotatable bonds is 6. The lowest BCUT2D eigenvalue weighted by atomic mass is 9.77. The lowest BCUT2D eigenvalue weighted by Gasteiger charge is -2.41. The molecule has 0 saturated carbocycles. The Labute approximate surface area is 225 Å². The second kappa shape index (κ2) is 10.9. The summed E-state index contributed by atoms with van der Waals surface area (Å²) in [6.45, 7) is 5.01. The predicted octanol–water partition coefficient (Wildman–Crippen LogP) is 6.46. The van der Waals surface area contributed by atoms with E-state index in [2.05, 4.69) is 22.0 Å². The van der Waals surface area contributed by atoms with Gasteiger partial charge < -0.3 is 14.2 Å². The summed E-state index contributed by atoms with van der Waals surface area (Å²) in [5, 5.41) is 5.07. The van der Waals surface area contributed by atoms with E-state index in [1.54, 1.807) is 37.4 Å². The van der Waals surface area contributed by atoms with Gasteiger partial charge in [-0.25, -0.2) is 4.98 Å². The van der Waals surface area contributed by atoms with Gasteiger partial charge >= 0.3 is 0 Å². The number of piperidine rings is 1. The van der Waals surface area contributed by atoms with E-state index in [0.717, 1.165) is 17.5 Å². The van der Waals surface area contributed by atoms with E-state index < -0.39 is 0 Å². The van der Waals surface area contributed by atoms with Crippen LogP contribution in [0.3, 0.4) is 0 Å². The van der Waals surface area contributed by atoms with Gasteiger partial charge in [0.15, 0.2) is 5.82 Å². The van der Waals surface area contributed by atoms with Gasteiger partial charge in [0.2, 0.25) is 5.88 Å². The van der Waals surface area contributed by atoms with Crippen molar-refractivity contribution in [1.82, 2.24) is 20.0 Å².